The number of nitrogen functional groups attached to an aromatic ring is 1. The average Bonchev–Trinajstić information content (AvgIpc) is 2.46. The van der Waals surface area contributed by atoms with E-state index in [2.05, 4.69) is 22.4 Å². The Bertz CT molecular complexity index is 295. The van der Waals surface area contributed by atoms with Crippen molar-refractivity contribution in [2.75, 3.05) is 5.73 Å². The van der Waals surface area contributed by atoms with Crippen molar-refractivity contribution < 1.29 is 0 Å². The lowest BCUT2D eigenvalue weighted by Crippen LogP contribution is -2.19. The van der Waals surface area contributed by atoms with Crippen molar-refractivity contribution in [1.82, 2.24) is 20.2 Å². The molecule has 1 fully saturated rings. The maximum Gasteiger partial charge on any atom is 0.240 e. The Kier molecular flexibility index (Phi) is 2.65. The summed E-state index contributed by atoms with van der Waals surface area (Å²) in [5.41, 5.74) is 5.71. The number of nitrogens with zero attached hydrogens (tertiary/aromatic N) is 4. The third-order valence-electron chi connectivity index (χ3n) is 3.15. The van der Waals surface area contributed by atoms with E-state index < -0.39 is 0 Å². The molecule has 0 amide bonds. The number of nitrogens with two attached hydrogens (primary N) is 1. The van der Waals surface area contributed by atoms with Crippen LogP contribution in [0.5, 0.6) is 0 Å². The van der Waals surface area contributed by atoms with Gasteiger partial charge in [0.05, 0.1) is 6.04 Å². The minimum atomic E-state index is 0.396. The Morgan fingerprint density at radius 2 is 2.07 bits per heavy atom. The molecule has 5 nitrogen and oxygen atoms in total. The molecule has 2 unspecified atom stereocenters. The van der Waals surface area contributed by atoms with Crippen LogP contribution in [0.15, 0.2) is 0 Å². The Morgan fingerprint density at radius 3 is 2.79 bits per heavy atom. The first-order chi connectivity index (χ1) is 6.79. The first kappa shape index (κ1) is 9.43. The smallest absolute Gasteiger partial charge is 0.240 e. The summed E-state index contributed by atoms with van der Waals surface area (Å²) < 4.78 is 1.79. The van der Waals surface area contributed by atoms with Gasteiger partial charge in [-0.25, -0.2) is 4.68 Å². The monoisotopic (exact) mass is 195 g/mol. The SMILES string of the molecule is CC1CCCCCC1n1nnnc1N. The molecule has 1 aliphatic rings. The number of anilines is 1. The standard InChI is InChI=1S/C9H17N5/c1-7-5-3-2-4-6-8(7)14-9(10)11-12-13-14/h7-8H,2-6H2,1H3,(H2,10,11,13). The number of hydrogen-bond donors (Lipinski definition) is 1. The van der Waals surface area contributed by atoms with Crippen LogP contribution in [0.4, 0.5) is 5.95 Å². The van der Waals surface area contributed by atoms with Crippen LogP contribution in [0.2, 0.25) is 0 Å². The van der Waals surface area contributed by atoms with E-state index in [1.165, 1.54) is 25.7 Å². The van der Waals surface area contributed by atoms with Gasteiger partial charge in [0.25, 0.3) is 0 Å². The van der Waals surface area contributed by atoms with Gasteiger partial charge in [0, 0.05) is 0 Å². The minimum Gasteiger partial charge on any atom is -0.367 e. The first-order valence-electron chi connectivity index (χ1n) is 5.32. The normalized spacial score (nSPS) is 28.6. The van der Waals surface area contributed by atoms with Crippen molar-refractivity contribution in [3.63, 3.8) is 0 Å². The molecule has 0 saturated heterocycles. The highest BCUT2D eigenvalue weighted by atomic mass is 15.6. The third kappa shape index (κ3) is 1.71. The lowest BCUT2D eigenvalue weighted by atomic mass is 9.97. The second-order valence-corrected chi connectivity index (χ2v) is 4.16. The van der Waals surface area contributed by atoms with Gasteiger partial charge in [0.1, 0.15) is 0 Å². The third-order valence-corrected chi connectivity index (χ3v) is 3.15. The van der Waals surface area contributed by atoms with E-state index in [4.69, 9.17) is 5.73 Å². The molecule has 1 heterocycles. The molecule has 1 aromatic heterocycles. The van der Waals surface area contributed by atoms with Crippen molar-refractivity contribution in [1.29, 1.82) is 0 Å². The van der Waals surface area contributed by atoms with E-state index in [1.54, 1.807) is 4.68 Å². The highest BCUT2D eigenvalue weighted by Crippen LogP contribution is 2.32. The lowest BCUT2D eigenvalue weighted by Gasteiger charge is -2.21. The summed E-state index contributed by atoms with van der Waals surface area (Å²) in [6.45, 7) is 2.26. The molecule has 0 aromatic carbocycles. The Morgan fingerprint density at radius 1 is 1.29 bits per heavy atom. The van der Waals surface area contributed by atoms with Crippen LogP contribution in [-0.4, -0.2) is 20.2 Å². The Balaban J connectivity index is 2.19. The van der Waals surface area contributed by atoms with E-state index in [0.29, 0.717) is 17.9 Å². The van der Waals surface area contributed by atoms with Gasteiger partial charge in [0.2, 0.25) is 5.95 Å². The summed E-state index contributed by atoms with van der Waals surface area (Å²) in [5.74, 6) is 1.08. The molecular weight excluding hydrogens is 178 g/mol. The molecule has 2 atom stereocenters. The summed E-state index contributed by atoms with van der Waals surface area (Å²) in [6.07, 6.45) is 6.30. The predicted molar refractivity (Wildman–Crippen MR) is 53.5 cm³/mol. The summed E-state index contributed by atoms with van der Waals surface area (Å²) in [5, 5.41) is 11.3. The largest absolute Gasteiger partial charge is 0.367 e. The fourth-order valence-corrected chi connectivity index (χ4v) is 2.27. The molecule has 14 heavy (non-hydrogen) atoms. The molecule has 0 bridgehead atoms. The van der Waals surface area contributed by atoms with Crippen molar-refractivity contribution in [2.24, 2.45) is 5.92 Å². The second kappa shape index (κ2) is 3.94. The second-order valence-electron chi connectivity index (χ2n) is 4.16. The zero-order valence-corrected chi connectivity index (χ0v) is 8.56. The van der Waals surface area contributed by atoms with E-state index >= 15 is 0 Å². The minimum absolute atomic E-state index is 0.396. The molecule has 1 saturated carbocycles. The number of rotatable bonds is 1. The predicted octanol–water partition coefficient (Wildman–Crippen LogP) is 1.40. The first-order valence-corrected chi connectivity index (χ1v) is 5.32. The molecule has 78 valence electrons. The maximum atomic E-state index is 5.71. The van der Waals surface area contributed by atoms with Gasteiger partial charge in [-0.2, -0.15) is 0 Å². The number of aromatic nitrogens is 4. The van der Waals surface area contributed by atoms with Crippen LogP contribution in [0.25, 0.3) is 0 Å². The van der Waals surface area contributed by atoms with Crippen molar-refractivity contribution in [3.05, 3.63) is 0 Å². The molecule has 1 aromatic rings. The van der Waals surface area contributed by atoms with Crippen LogP contribution in [0.3, 0.4) is 0 Å². The molecule has 0 spiro atoms. The topological polar surface area (TPSA) is 69.6 Å². The molecule has 5 heteroatoms. The molecule has 1 aliphatic carbocycles. The quantitative estimate of drug-likeness (QED) is 0.687. The summed E-state index contributed by atoms with van der Waals surface area (Å²) in [7, 11) is 0. The Hall–Kier alpha value is -1.13. The zero-order valence-electron chi connectivity index (χ0n) is 8.56. The average molecular weight is 195 g/mol. The lowest BCUT2D eigenvalue weighted by molar-refractivity contribution is 0.307. The van der Waals surface area contributed by atoms with Gasteiger partial charge in [-0.15, -0.1) is 0 Å². The fourth-order valence-electron chi connectivity index (χ4n) is 2.27. The van der Waals surface area contributed by atoms with Gasteiger partial charge in [-0.05, 0) is 29.2 Å². The zero-order chi connectivity index (χ0) is 9.97. The van der Waals surface area contributed by atoms with Crippen LogP contribution in [0.1, 0.15) is 45.1 Å². The Labute approximate surface area is 83.7 Å². The highest BCUT2D eigenvalue weighted by Gasteiger charge is 2.24. The van der Waals surface area contributed by atoms with Gasteiger partial charge in [-0.1, -0.05) is 31.3 Å². The van der Waals surface area contributed by atoms with Crippen LogP contribution >= 0.6 is 0 Å². The summed E-state index contributed by atoms with van der Waals surface area (Å²) in [4.78, 5) is 0. The van der Waals surface area contributed by atoms with Crippen LogP contribution in [-0.2, 0) is 0 Å². The van der Waals surface area contributed by atoms with Gasteiger partial charge >= 0.3 is 0 Å². The van der Waals surface area contributed by atoms with Crippen molar-refractivity contribution in [2.45, 2.75) is 45.1 Å². The van der Waals surface area contributed by atoms with Crippen molar-refractivity contribution in [3.8, 4) is 0 Å². The van der Waals surface area contributed by atoms with Crippen LogP contribution < -0.4 is 5.73 Å². The van der Waals surface area contributed by atoms with Gasteiger partial charge in [-0.3, -0.25) is 0 Å². The molecule has 0 radical (unpaired) electrons. The number of hydrogen-bond acceptors (Lipinski definition) is 4. The molecule has 0 aliphatic heterocycles. The summed E-state index contributed by atoms with van der Waals surface area (Å²) >= 11 is 0. The summed E-state index contributed by atoms with van der Waals surface area (Å²) in [6, 6.07) is 0.396. The van der Waals surface area contributed by atoms with Gasteiger partial charge < -0.3 is 5.73 Å². The van der Waals surface area contributed by atoms with Crippen LogP contribution in [0, 0.1) is 5.92 Å². The van der Waals surface area contributed by atoms with E-state index in [-0.39, 0.29) is 0 Å². The van der Waals surface area contributed by atoms with Crippen molar-refractivity contribution >= 4 is 5.95 Å². The molecular formula is C9H17N5. The van der Waals surface area contributed by atoms with E-state index in [0.717, 1.165) is 6.42 Å². The van der Waals surface area contributed by atoms with E-state index in [1.807, 2.05) is 0 Å². The van der Waals surface area contributed by atoms with E-state index in [9.17, 15) is 0 Å². The maximum absolute atomic E-state index is 5.71. The highest BCUT2D eigenvalue weighted by molar-refractivity contribution is 5.11. The molecule has 2 N–H and O–H groups in total. The molecule has 2 rings (SSSR count). The number of tetrazole rings is 1. The van der Waals surface area contributed by atoms with Gasteiger partial charge in [0.15, 0.2) is 0 Å². The fraction of sp³-hybridized carbons (Fsp3) is 0.889.